The van der Waals surface area contributed by atoms with E-state index in [1.54, 1.807) is 11.3 Å². The van der Waals surface area contributed by atoms with E-state index in [0.717, 1.165) is 5.69 Å². The van der Waals surface area contributed by atoms with Crippen molar-refractivity contribution in [1.82, 2.24) is 9.55 Å². The van der Waals surface area contributed by atoms with Crippen LogP contribution in [0.1, 0.15) is 5.69 Å². The number of nitrogens with zero attached hydrogens (tertiary/aromatic N) is 2. The zero-order valence-electron chi connectivity index (χ0n) is 7.27. The van der Waals surface area contributed by atoms with Gasteiger partial charge in [-0.15, -0.1) is 23.7 Å². The van der Waals surface area contributed by atoms with Crippen LogP contribution in [-0.4, -0.2) is 9.55 Å². The maximum absolute atomic E-state index is 5.09. The number of aryl methyl sites for hydroxylation is 2. The second-order valence-electron chi connectivity index (χ2n) is 2.68. The summed E-state index contributed by atoms with van der Waals surface area (Å²) >= 11 is 6.79. The van der Waals surface area contributed by atoms with E-state index in [1.807, 2.05) is 18.5 Å². The quantitative estimate of drug-likeness (QED) is 0.650. The average Bonchev–Trinajstić information content (AvgIpc) is 2.48. The first-order chi connectivity index (χ1) is 5.70. The molecule has 0 radical (unpaired) electrons. The number of thiophene rings is 1. The van der Waals surface area contributed by atoms with Crippen molar-refractivity contribution in [2.75, 3.05) is 0 Å². The molecule has 0 aromatic carbocycles. The molecule has 0 unspecified atom stereocenters. The summed E-state index contributed by atoms with van der Waals surface area (Å²) in [7, 11) is 1.95. The topological polar surface area (TPSA) is 17.8 Å². The van der Waals surface area contributed by atoms with Crippen molar-refractivity contribution in [3.63, 3.8) is 0 Å². The van der Waals surface area contributed by atoms with Gasteiger partial charge in [0, 0.05) is 12.4 Å². The molecule has 0 saturated heterocycles. The zero-order chi connectivity index (χ0) is 8.72. The highest BCUT2D eigenvalue weighted by molar-refractivity contribution is 7.71. The first-order valence-corrected chi connectivity index (χ1v) is 4.90. The minimum absolute atomic E-state index is 0. The Balaban J connectivity index is 0.000000845. The van der Waals surface area contributed by atoms with Gasteiger partial charge in [0.1, 0.15) is 4.83 Å². The first-order valence-electron chi connectivity index (χ1n) is 3.61. The van der Waals surface area contributed by atoms with Crippen LogP contribution in [0.3, 0.4) is 0 Å². The second-order valence-corrected chi connectivity index (χ2v) is 3.94. The molecule has 2 aromatic rings. The molecule has 0 aliphatic rings. The Morgan fingerprint density at radius 2 is 2.23 bits per heavy atom. The predicted octanol–water partition coefficient (Wildman–Crippen LogP) is 3.09. The molecule has 2 heterocycles. The molecule has 0 atom stereocenters. The van der Waals surface area contributed by atoms with Crippen LogP contribution in [0.15, 0.2) is 11.4 Å². The molecule has 0 aliphatic carbocycles. The van der Waals surface area contributed by atoms with Crippen LogP contribution in [0.4, 0.5) is 0 Å². The number of aromatic nitrogens is 2. The van der Waals surface area contributed by atoms with E-state index >= 15 is 0 Å². The molecule has 2 nitrogen and oxygen atoms in total. The Bertz CT molecular complexity index is 486. The minimum Gasteiger partial charge on any atom is -0.311 e. The summed E-state index contributed by atoms with van der Waals surface area (Å²) in [6.45, 7) is 1.99. The first kappa shape index (κ1) is 10.6. The third-order valence-electron chi connectivity index (χ3n) is 1.89. The van der Waals surface area contributed by atoms with Crippen molar-refractivity contribution in [3.05, 3.63) is 21.9 Å². The van der Waals surface area contributed by atoms with Gasteiger partial charge in [-0.05, 0) is 30.6 Å². The van der Waals surface area contributed by atoms with Crippen molar-refractivity contribution in [3.8, 4) is 0 Å². The van der Waals surface area contributed by atoms with Gasteiger partial charge < -0.3 is 4.57 Å². The van der Waals surface area contributed by atoms with Gasteiger partial charge in [-0.2, -0.15) is 0 Å². The standard InChI is InChI=1S/C8H8N2S2.ClH/c1-5-6-3-4-12-7(6)10(2)8(11)9-5;/h3-4H,1-2H3;1H. The van der Waals surface area contributed by atoms with Crippen molar-refractivity contribution >= 4 is 46.2 Å². The second kappa shape index (κ2) is 3.74. The number of hydrogen-bond acceptors (Lipinski definition) is 3. The Hall–Kier alpha value is -0.450. The summed E-state index contributed by atoms with van der Waals surface area (Å²) in [5.41, 5.74) is 1.02. The van der Waals surface area contributed by atoms with Crippen LogP contribution in [0.5, 0.6) is 0 Å². The van der Waals surface area contributed by atoms with Gasteiger partial charge in [0.2, 0.25) is 4.77 Å². The van der Waals surface area contributed by atoms with Crippen LogP contribution in [0, 0.1) is 11.7 Å². The predicted molar refractivity (Wildman–Crippen MR) is 61.4 cm³/mol. The number of halogens is 1. The Kier molecular flexibility index (Phi) is 3.05. The molecule has 13 heavy (non-hydrogen) atoms. The van der Waals surface area contributed by atoms with E-state index in [2.05, 4.69) is 16.4 Å². The summed E-state index contributed by atoms with van der Waals surface area (Å²) in [4.78, 5) is 5.46. The number of fused-ring (bicyclic) bond motifs is 1. The lowest BCUT2D eigenvalue weighted by Gasteiger charge is -2.01. The summed E-state index contributed by atoms with van der Waals surface area (Å²) in [5, 5.41) is 3.27. The van der Waals surface area contributed by atoms with Gasteiger partial charge in [0.05, 0.1) is 5.69 Å². The largest absolute Gasteiger partial charge is 0.311 e. The van der Waals surface area contributed by atoms with Crippen molar-refractivity contribution in [2.45, 2.75) is 6.92 Å². The molecule has 0 bridgehead atoms. The molecule has 2 aromatic heterocycles. The van der Waals surface area contributed by atoms with E-state index in [1.165, 1.54) is 10.2 Å². The summed E-state index contributed by atoms with van der Waals surface area (Å²) in [5.74, 6) is 0. The molecular formula is C8H9ClN2S2. The lowest BCUT2D eigenvalue weighted by molar-refractivity contribution is 0.886. The number of hydrogen-bond donors (Lipinski definition) is 0. The maximum Gasteiger partial charge on any atom is 0.200 e. The van der Waals surface area contributed by atoms with Crippen LogP contribution in [0.25, 0.3) is 10.2 Å². The third-order valence-corrected chi connectivity index (χ3v) is 3.24. The molecule has 5 heteroatoms. The molecule has 0 fully saturated rings. The van der Waals surface area contributed by atoms with Gasteiger partial charge in [0.15, 0.2) is 0 Å². The third kappa shape index (κ3) is 1.61. The Morgan fingerprint density at radius 3 is 2.92 bits per heavy atom. The molecule has 0 aliphatic heterocycles. The molecular weight excluding hydrogens is 224 g/mol. The minimum atomic E-state index is 0. The molecule has 0 N–H and O–H groups in total. The van der Waals surface area contributed by atoms with Crippen LogP contribution < -0.4 is 0 Å². The van der Waals surface area contributed by atoms with Gasteiger partial charge in [0.25, 0.3) is 0 Å². The molecule has 70 valence electrons. The SMILES string of the molecule is Cc1nc(=S)n(C)c2sccc12.Cl. The number of rotatable bonds is 0. The smallest absolute Gasteiger partial charge is 0.200 e. The normalized spacial score (nSPS) is 10.0. The van der Waals surface area contributed by atoms with E-state index in [-0.39, 0.29) is 12.4 Å². The highest BCUT2D eigenvalue weighted by atomic mass is 35.5. The molecule has 0 amide bonds. The fraction of sp³-hybridized carbons (Fsp3) is 0.250. The van der Waals surface area contributed by atoms with E-state index in [9.17, 15) is 0 Å². The molecule has 2 rings (SSSR count). The Labute approximate surface area is 91.6 Å². The van der Waals surface area contributed by atoms with Crippen LogP contribution in [0.2, 0.25) is 0 Å². The summed E-state index contributed by atoms with van der Waals surface area (Å²) < 4.78 is 2.60. The van der Waals surface area contributed by atoms with E-state index in [0.29, 0.717) is 4.77 Å². The van der Waals surface area contributed by atoms with Crippen molar-refractivity contribution in [2.24, 2.45) is 7.05 Å². The lowest BCUT2D eigenvalue weighted by atomic mass is 10.3. The average molecular weight is 233 g/mol. The highest BCUT2D eigenvalue weighted by Gasteiger charge is 2.02. The van der Waals surface area contributed by atoms with Gasteiger partial charge in [-0.25, -0.2) is 4.98 Å². The Morgan fingerprint density at radius 1 is 1.54 bits per heavy atom. The lowest BCUT2D eigenvalue weighted by Crippen LogP contribution is -1.96. The van der Waals surface area contributed by atoms with Crippen LogP contribution in [-0.2, 0) is 7.05 Å². The van der Waals surface area contributed by atoms with Crippen molar-refractivity contribution in [1.29, 1.82) is 0 Å². The van der Waals surface area contributed by atoms with Gasteiger partial charge >= 0.3 is 0 Å². The molecule has 0 saturated carbocycles. The summed E-state index contributed by atoms with van der Waals surface area (Å²) in [6, 6.07) is 2.08. The van der Waals surface area contributed by atoms with E-state index < -0.39 is 0 Å². The highest BCUT2D eigenvalue weighted by Crippen LogP contribution is 2.21. The van der Waals surface area contributed by atoms with Gasteiger partial charge in [-0.3, -0.25) is 0 Å². The monoisotopic (exact) mass is 232 g/mol. The van der Waals surface area contributed by atoms with Crippen LogP contribution >= 0.6 is 36.0 Å². The fourth-order valence-electron chi connectivity index (χ4n) is 1.20. The fourth-order valence-corrected chi connectivity index (χ4v) is 2.41. The van der Waals surface area contributed by atoms with Crippen molar-refractivity contribution < 1.29 is 0 Å². The maximum atomic E-state index is 5.09. The zero-order valence-corrected chi connectivity index (χ0v) is 9.72. The summed E-state index contributed by atoms with van der Waals surface area (Å²) in [6.07, 6.45) is 0. The van der Waals surface area contributed by atoms with Gasteiger partial charge in [-0.1, -0.05) is 0 Å². The molecule has 0 spiro atoms. The van der Waals surface area contributed by atoms with E-state index in [4.69, 9.17) is 12.2 Å².